The third kappa shape index (κ3) is 3.60. The molecule has 0 N–H and O–H groups in total. The van der Waals surface area contributed by atoms with Crippen molar-refractivity contribution in [3.63, 3.8) is 0 Å². The molecule has 7 nitrogen and oxygen atoms in total. The maximum atomic E-state index is 12.2. The summed E-state index contributed by atoms with van der Waals surface area (Å²) in [5.41, 5.74) is 2.74. The molecular formula is C22H22O7. The molecule has 0 spiro atoms. The number of carbonyl (C=O) groups is 2. The zero-order chi connectivity index (χ0) is 20.4. The van der Waals surface area contributed by atoms with Gasteiger partial charge in [-0.2, -0.15) is 0 Å². The molecule has 2 aliphatic rings. The lowest BCUT2D eigenvalue weighted by atomic mass is 9.95. The summed E-state index contributed by atoms with van der Waals surface area (Å²) < 4.78 is 27.3. The maximum Gasteiger partial charge on any atom is 0.344 e. The predicted octanol–water partition coefficient (Wildman–Crippen LogP) is 3.52. The van der Waals surface area contributed by atoms with Crippen molar-refractivity contribution in [2.45, 2.75) is 32.0 Å². The average molecular weight is 398 g/mol. The van der Waals surface area contributed by atoms with Gasteiger partial charge in [0, 0.05) is 11.1 Å². The number of ether oxygens (including phenoxy) is 5. The van der Waals surface area contributed by atoms with Gasteiger partial charge in [-0.15, -0.1) is 0 Å². The van der Waals surface area contributed by atoms with E-state index in [1.54, 1.807) is 18.2 Å². The van der Waals surface area contributed by atoms with Gasteiger partial charge in [0.25, 0.3) is 0 Å². The van der Waals surface area contributed by atoms with Gasteiger partial charge in [-0.3, -0.25) is 0 Å². The molecule has 7 heteroatoms. The monoisotopic (exact) mass is 398 g/mol. The van der Waals surface area contributed by atoms with Crippen LogP contribution in [0.25, 0.3) is 11.1 Å². The van der Waals surface area contributed by atoms with Gasteiger partial charge in [-0.05, 0) is 43.0 Å². The average Bonchev–Trinajstić information content (AvgIpc) is 3.09. The van der Waals surface area contributed by atoms with Crippen LogP contribution < -0.4 is 14.2 Å². The van der Waals surface area contributed by atoms with Crippen LogP contribution in [-0.2, 0) is 20.9 Å². The first-order valence-electron chi connectivity index (χ1n) is 9.49. The molecule has 1 aliphatic carbocycles. The summed E-state index contributed by atoms with van der Waals surface area (Å²) in [5.74, 6) is 0.407. The summed E-state index contributed by atoms with van der Waals surface area (Å²) >= 11 is 0. The van der Waals surface area contributed by atoms with Crippen LogP contribution in [0.3, 0.4) is 0 Å². The number of hydrogen-bond donors (Lipinski definition) is 0. The number of rotatable bonds is 7. The van der Waals surface area contributed by atoms with Crippen molar-refractivity contribution in [2.24, 2.45) is 0 Å². The van der Waals surface area contributed by atoms with Crippen LogP contribution in [0.1, 0.15) is 35.2 Å². The molecule has 0 amide bonds. The largest absolute Gasteiger partial charge is 0.493 e. The third-order valence-electron chi connectivity index (χ3n) is 5.22. The molecular weight excluding hydrogens is 376 g/mol. The van der Waals surface area contributed by atoms with Crippen molar-refractivity contribution >= 4 is 11.9 Å². The first-order valence-corrected chi connectivity index (χ1v) is 9.49. The van der Waals surface area contributed by atoms with Crippen molar-refractivity contribution in [3.05, 3.63) is 41.5 Å². The van der Waals surface area contributed by atoms with E-state index in [4.69, 9.17) is 23.7 Å². The maximum absolute atomic E-state index is 12.2. The van der Waals surface area contributed by atoms with Gasteiger partial charge in [0.15, 0.2) is 18.1 Å². The molecule has 1 saturated carbocycles. The van der Waals surface area contributed by atoms with Crippen LogP contribution in [0.4, 0.5) is 0 Å². The van der Waals surface area contributed by atoms with E-state index in [2.05, 4.69) is 0 Å². The lowest BCUT2D eigenvalue weighted by Gasteiger charge is -2.25. The Balaban J connectivity index is 1.70. The van der Waals surface area contributed by atoms with E-state index in [-0.39, 0.29) is 25.3 Å². The molecule has 152 valence electrons. The summed E-state index contributed by atoms with van der Waals surface area (Å²) in [6, 6.07) is 8.95. The molecule has 1 heterocycles. The zero-order valence-corrected chi connectivity index (χ0v) is 16.4. The minimum absolute atomic E-state index is 0.0154. The molecule has 0 radical (unpaired) electrons. The minimum atomic E-state index is -0.428. The molecule has 0 aromatic heterocycles. The molecule has 0 saturated heterocycles. The number of carbonyl (C=O) groups excluding carboxylic acids is 2. The Kier molecular flexibility index (Phi) is 5.29. The highest BCUT2D eigenvalue weighted by molar-refractivity contribution is 5.96. The molecule has 0 bridgehead atoms. The van der Waals surface area contributed by atoms with Crippen LogP contribution in [0.2, 0.25) is 0 Å². The summed E-state index contributed by atoms with van der Waals surface area (Å²) in [4.78, 5) is 24.1. The summed E-state index contributed by atoms with van der Waals surface area (Å²) in [7, 11) is 3.03. The van der Waals surface area contributed by atoms with Gasteiger partial charge in [0.2, 0.25) is 5.75 Å². The van der Waals surface area contributed by atoms with Gasteiger partial charge in [-0.1, -0.05) is 12.1 Å². The van der Waals surface area contributed by atoms with Crippen LogP contribution >= 0.6 is 0 Å². The fourth-order valence-electron chi connectivity index (χ4n) is 3.50. The Morgan fingerprint density at radius 2 is 1.83 bits per heavy atom. The number of methoxy groups -OCH3 is 2. The van der Waals surface area contributed by atoms with Crippen molar-refractivity contribution in [1.29, 1.82) is 0 Å². The number of esters is 2. The van der Waals surface area contributed by atoms with Gasteiger partial charge in [0.05, 0.1) is 19.8 Å². The Bertz CT molecular complexity index is 946. The fourth-order valence-corrected chi connectivity index (χ4v) is 3.50. The molecule has 1 fully saturated rings. The molecule has 0 unspecified atom stereocenters. The van der Waals surface area contributed by atoms with Crippen LogP contribution in [-0.4, -0.2) is 38.9 Å². The Morgan fingerprint density at radius 1 is 1.03 bits per heavy atom. The zero-order valence-electron chi connectivity index (χ0n) is 16.4. The summed E-state index contributed by atoms with van der Waals surface area (Å²) in [5, 5.41) is 0. The van der Waals surface area contributed by atoms with E-state index in [9.17, 15) is 9.59 Å². The smallest absolute Gasteiger partial charge is 0.344 e. The standard InChI is InChI=1S/C22H22O7/c1-25-18-10-9-15(14-7-4-8-16-17(14)11-28-22(16)24)20(21(18)26-2)27-12-19(23)29-13-5-3-6-13/h4,7-10,13H,3,5-6,11-12H2,1-2H3. The third-order valence-corrected chi connectivity index (χ3v) is 5.22. The summed E-state index contributed by atoms with van der Waals surface area (Å²) in [6.45, 7) is -0.0701. The molecule has 0 atom stereocenters. The quantitative estimate of drug-likeness (QED) is 0.660. The van der Waals surface area contributed by atoms with E-state index in [1.807, 2.05) is 12.1 Å². The van der Waals surface area contributed by atoms with Crippen molar-refractivity contribution in [2.75, 3.05) is 20.8 Å². The molecule has 2 aromatic carbocycles. The van der Waals surface area contributed by atoms with Gasteiger partial charge >= 0.3 is 11.9 Å². The fraction of sp³-hybridized carbons (Fsp3) is 0.364. The van der Waals surface area contributed by atoms with Crippen molar-refractivity contribution in [3.8, 4) is 28.4 Å². The first-order chi connectivity index (χ1) is 14.1. The second-order valence-electron chi connectivity index (χ2n) is 6.92. The van der Waals surface area contributed by atoms with E-state index >= 15 is 0 Å². The highest BCUT2D eigenvalue weighted by Gasteiger charge is 2.28. The van der Waals surface area contributed by atoms with Gasteiger partial charge in [-0.25, -0.2) is 9.59 Å². The van der Waals surface area contributed by atoms with Gasteiger partial charge in [0.1, 0.15) is 12.7 Å². The molecule has 4 rings (SSSR count). The van der Waals surface area contributed by atoms with E-state index in [1.165, 1.54) is 14.2 Å². The molecule has 2 aromatic rings. The topological polar surface area (TPSA) is 80.3 Å². The Hall–Kier alpha value is -3.22. The highest BCUT2D eigenvalue weighted by atomic mass is 16.6. The SMILES string of the molecule is COc1ccc(-c2cccc3c2COC3=O)c(OCC(=O)OC2CCC2)c1OC. The highest BCUT2D eigenvalue weighted by Crippen LogP contribution is 2.46. The van der Waals surface area contributed by atoms with E-state index < -0.39 is 5.97 Å². The van der Waals surface area contributed by atoms with Crippen LogP contribution in [0.5, 0.6) is 17.2 Å². The van der Waals surface area contributed by atoms with Crippen molar-refractivity contribution < 1.29 is 33.3 Å². The van der Waals surface area contributed by atoms with Crippen LogP contribution in [0, 0.1) is 0 Å². The van der Waals surface area contributed by atoms with Crippen LogP contribution in [0.15, 0.2) is 30.3 Å². The lowest BCUT2D eigenvalue weighted by Crippen LogP contribution is -2.28. The molecule has 1 aliphatic heterocycles. The summed E-state index contributed by atoms with van der Waals surface area (Å²) in [6.07, 6.45) is 2.85. The van der Waals surface area contributed by atoms with Gasteiger partial charge < -0.3 is 23.7 Å². The first kappa shape index (κ1) is 19.1. The van der Waals surface area contributed by atoms with E-state index in [0.717, 1.165) is 30.4 Å². The Labute approximate surface area is 168 Å². The number of benzene rings is 2. The minimum Gasteiger partial charge on any atom is -0.493 e. The second kappa shape index (κ2) is 8.03. The normalized spacial score (nSPS) is 15.2. The van der Waals surface area contributed by atoms with Crippen molar-refractivity contribution in [1.82, 2.24) is 0 Å². The van der Waals surface area contributed by atoms with E-state index in [0.29, 0.717) is 28.4 Å². The predicted molar refractivity (Wildman–Crippen MR) is 103 cm³/mol. The Morgan fingerprint density at radius 3 is 2.52 bits per heavy atom. The number of hydrogen-bond acceptors (Lipinski definition) is 7. The lowest BCUT2D eigenvalue weighted by molar-refractivity contribution is -0.155. The second-order valence-corrected chi connectivity index (χ2v) is 6.92. The number of fused-ring (bicyclic) bond motifs is 1. The molecule has 29 heavy (non-hydrogen) atoms. The number of cyclic esters (lactones) is 1.